The first-order valence-electron chi connectivity index (χ1n) is 9.46. The normalized spacial score (nSPS) is 22.3. The summed E-state index contributed by atoms with van der Waals surface area (Å²) in [4.78, 5) is 14.1. The van der Waals surface area contributed by atoms with Crippen LogP contribution in [0.4, 0.5) is 9.52 Å². The zero-order chi connectivity index (χ0) is 21.9. The highest BCUT2D eigenvalue weighted by molar-refractivity contribution is 7.93. The van der Waals surface area contributed by atoms with Crippen molar-refractivity contribution in [1.82, 2.24) is 19.7 Å². The molecule has 0 saturated carbocycles. The molecule has 0 radical (unpaired) electrons. The molecule has 2 unspecified atom stereocenters. The van der Waals surface area contributed by atoms with E-state index < -0.39 is 32.5 Å². The number of aromatic nitrogens is 2. The Bertz CT molecular complexity index is 998. The lowest BCUT2D eigenvalue weighted by Crippen LogP contribution is -2.50. The summed E-state index contributed by atoms with van der Waals surface area (Å²) in [6.45, 7) is 2.03. The Labute approximate surface area is 178 Å². The number of benzene rings is 1. The zero-order valence-corrected chi connectivity index (χ0v) is 18.3. The number of likely N-dealkylation sites (N-methyl/N-ethyl adjacent to an activating group) is 1. The van der Waals surface area contributed by atoms with Gasteiger partial charge in [-0.1, -0.05) is 24.9 Å². The predicted octanol–water partition coefficient (Wildman–Crippen LogP) is 2.53. The van der Waals surface area contributed by atoms with Gasteiger partial charge in [0, 0.05) is 0 Å². The number of hydrogen-bond donors (Lipinski definition) is 0. The van der Waals surface area contributed by atoms with Crippen molar-refractivity contribution in [3.05, 3.63) is 40.9 Å². The summed E-state index contributed by atoms with van der Waals surface area (Å²) in [6, 6.07) is 4.78. The van der Waals surface area contributed by atoms with Crippen LogP contribution in [0.1, 0.15) is 36.5 Å². The monoisotopic (exact) mass is 458 g/mol. The maximum absolute atomic E-state index is 13.5. The van der Waals surface area contributed by atoms with E-state index in [-0.39, 0.29) is 34.0 Å². The van der Waals surface area contributed by atoms with E-state index in [4.69, 9.17) is 4.74 Å². The summed E-state index contributed by atoms with van der Waals surface area (Å²) in [5.74, 6) is -1.33. The molecule has 2 heterocycles. The Morgan fingerprint density at radius 1 is 1.33 bits per heavy atom. The standard InChI is InChI=1S/C18H23FN4O5S2/c1-3-4-5-10-30(26,27)18-21-20-17(29-18)23(25)12-22(2)11-15(23)28-16(24)13-6-8-14(19)9-7-13/h6-9,15H,3-5,10-12H2,1-2H3. The van der Waals surface area contributed by atoms with Crippen LogP contribution in [-0.4, -0.2) is 61.7 Å². The third-order valence-corrected chi connectivity index (χ3v) is 7.99. The average Bonchev–Trinajstić information content (AvgIpc) is 3.29. The smallest absolute Gasteiger partial charge is 0.342 e. The van der Waals surface area contributed by atoms with Gasteiger partial charge in [-0.15, -0.1) is 5.10 Å². The van der Waals surface area contributed by atoms with Gasteiger partial charge in [0.05, 0.1) is 17.9 Å². The lowest BCUT2D eigenvalue weighted by Gasteiger charge is -2.38. The molecular formula is C18H23FN4O5S2. The van der Waals surface area contributed by atoms with Crippen LogP contribution in [0.3, 0.4) is 0 Å². The van der Waals surface area contributed by atoms with E-state index in [2.05, 4.69) is 10.2 Å². The van der Waals surface area contributed by atoms with Crippen LogP contribution in [0.5, 0.6) is 0 Å². The third-order valence-electron chi connectivity index (χ3n) is 4.71. The molecule has 164 valence electrons. The van der Waals surface area contributed by atoms with Crippen LogP contribution in [0.2, 0.25) is 0 Å². The summed E-state index contributed by atoms with van der Waals surface area (Å²) in [5.41, 5.74) is 0.106. The number of hydroxylamine groups is 2. The van der Waals surface area contributed by atoms with Gasteiger partial charge < -0.3 is 9.94 Å². The topological polar surface area (TPSA) is 113 Å². The van der Waals surface area contributed by atoms with Gasteiger partial charge >= 0.3 is 11.1 Å². The fraction of sp³-hybridized carbons (Fsp3) is 0.500. The number of unbranched alkanes of at least 4 members (excludes halogenated alkanes) is 2. The quantitative estimate of drug-likeness (QED) is 0.257. The van der Waals surface area contributed by atoms with Gasteiger partial charge in [-0.2, -0.15) is 0 Å². The molecule has 1 aliphatic heterocycles. The van der Waals surface area contributed by atoms with Crippen LogP contribution in [0.25, 0.3) is 0 Å². The zero-order valence-electron chi connectivity index (χ0n) is 16.7. The van der Waals surface area contributed by atoms with E-state index in [0.29, 0.717) is 17.8 Å². The maximum atomic E-state index is 13.5. The first kappa shape index (κ1) is 22.7. The molecule has 0 N–H and O–H groups in total. The Kier molecular flexibility index (Phi) is 6.82. The molecular weight excluding hydrogens is 435 g/mol. The van der Waals surface area contributed by atoms with E-state index in [0.717, 1.165) is 25.0 Å². The van der Waals surface area contributed by atoms with Gasteiger partial charge in [-0.3, -0.25) is 4.65 Å². The predicted molar refractivity (Wildman–Crippen MR) is 110 cm³/mol. The minimum absolute atomic E-state index is 0.0583. The summed E-state index contributed by atoms with van der Waals surface area (Å²) in [5, 5.41) is 21.0. The maximum Gasteiger partial charge on any atom is 0.342 e. The SMILES string of the molecule is CCCCCS(=O)(=O)c1nnc([N+]2([O-])CN(C)CC2OC(=O)c2ccc(F)cc2)s1. The number of carbonyl (C=O) groups is 1. The van der Waals surface area contributed by atoms with Crippen molar-refractivity contribution in [3.8, 4) is 0 Å². The van der Waals surface area contributed by atoms with Crippen LogP contribution in [0.15, 0.2) is 28.6 Å². The van der Waals surface area contributed by atoms with Crippen molar-refractivity contribution in [1.29, 1.82) is 0 Å². The summed E-state index contributed by atoms with van der Waals surface area (Å²) >= 11 is 0.707. The van der Waals surface area contributed by atoms with Gasteiger partial charge in [0.1, 0.15) is 12.5 Å². The van der Waals surface area contributed by atoms with E-state index in [1.54, 1.807) is 11.9 Å². The molecule has 30 heavy (non-hydrogen) atoms. The minimum Gasteiger partial charge on any atom is -0.622 e. The van der Waals surface area contributed by atoms with Gasteiger partial charge in [-0.25, -0.2) is 22.5 Å². The highest BCUT2D eigenvalue weighted by Gasteiger charge is 2.46. The molecule has 2 atom stereocenters. The molecule has 0 spiro atoms. The molecule has 1 aliphatic rings. The van der Waals surface area contributed by atoms with Gasteiger partial charge in [-0.05, 0) is 49.1 Å². The number of carbonyl (C=O) groups excluding carboxylic acids is 1. The number of quaternary nitrogens is 1. The fourth-order valence-electron chi connectivity index (χ4n) is 3.10. The van der Waals surface area contributed by atoms with Crippen molar-refractivity contribution < 1.29 is 22.3 Å². The van der Waals surface area contributed by atoms with E-state index in [9.17, 15) is 22.8 Å². The second-order valence-corrected chi connectivity index (χ2v) is 10.5. The van der Waals surface area contributed by atoms with Crippen molar-refractivity contribution in [3.63, 3.8) is 0 Å². The molecule has 0 amide bonds. The molecule has 1 saturated heterocycles. The van der Waals surface area contributed by atoms with E-state index in [1.165, 1.54) is 12.1 Å². The number of ether oxygens (including phenoxy) is 1. The van der Waals surface area contributed by atoms with Crippen molar-refractivity contribution in [2.75, 3.05) is 26.0 Å². The highest BCUT2D eigenvalue weighted by atomic mass is 32.2. The van der Waals surface area contributed by atoms with Gasteiger partial charge in [0.2, 0.25) is 14.2 Å². The lowest BCUT2D eigenvalue weighted by molar-refractivity contribution is 0.00559. The Balaban J connectivity index is 1.80. The molecule has 1 aromatic carbocycles. The number of esters is 1. The first-order valence-corrected chi connectivity index (χ1v) is 11.9. The molecule has 9 nitrogen and oxygen atoms in total. The summed E-state index contributed by atoms with van der Waals surface area (Å²) < 4.78 is 42.0. The number of nitrogens with zero attached hydrogens (tertiary/aromatic N) is 4. The van der Waals surface area contributed by atoms with E-state index in [1.807, 2.05) is 6.92 Å². The molecule has 1 fully saturated rings. The van der Waals surface area contributed by atoms with Crippen LogP contribution in [-0.2, 0) is 14.6 Å². The number of rotatable bonds is 8. The summed E-state index contributed by atoms with van der Waals surface area (Å²) in [6.07, 6.45) is 1.01. The largest absolute Gasteiger partial charge is 0.622 e. The second kappa shape index (κ2) is 9.02. The summed E-state index contributed by atoms with van der Waals surface area (Å²) in [7, 11) is -1.95. The average molecular weight is 459 g/mol. The van der Waals surface area contributed by atoms with Gasteiger partial charge in [0.15, 0.2) is 0 Å². The van der Waals surface area contributed by atoms with Gasteiger partial charge in [0.25, 0.3) is 6.23 Å². The van der Waals surface area contributed by atoms with Crippen molar-refractivity contribution in [2.24, 2.45) is 0 Å². The Morgan fingerprint density at radius 3 is 2.70 bits per heavy atom. The fourth-order valence-corrected chi connectivity index (χ4v) is 5.65. The molecule has 1 aromatic heterocycles. The van der Waals surface area contributed by atoms with Crippen LogP contribution < -0.4 is 4.65 Å². The Morgan fingerprint density at radius 2 is 2.03 bits per heavy atom. The minimum atomic E-state index is -3.63. The molecule has 0 aliphatic carbocycles. The number of sulfone groups is 1. The lowest BCUT2D eigenvalue weighted by atomic mass is 10.2. The van der Waals surface area contributed by atoms with E-state index >= 15 is 0 Å². The number of halogens is 1. The second-order valence-electron chi connectivity index (χ2n) is 7.22. The molecule has 3 rings (SSSR count). The Hall–Kier alpha value is -1.99. The number of hydrogen-bond acceptors (Lipinski definition) is 9. The molecule has 0 bridgehead atoms. The third kappa shape index (κ3) is 4.83. The van der Waals surface area contributed by atoms with Crippen LogP contribution >= 0.6 is 11.3 Å². The van der Waals surface area contributed by atoms with Crippen molar-refractivity contribution >= 4 is 32.3 Å². The first-order chi connectivity index (χ1) is 14.2. The van der Waals surface area contributed by atoms with Crippen molar-refractivity contribution in [2.45, 2.75) is 36.8 Å². The van der Waals surface area contributed by atoms with Crippen LogP contribution in [0, 0.1) is 11.0 Å². The molecule has 2 aromatic rings. The molecule has 12 heteroatoms. The highest BCUT2D eigenvalue weighted by Crippen LogP contribution is 2.35.